The average Bonchev–Trinajstić information content (AvgIpc) is 2.17. The van der Waals surface area contributed by atoms with Crippen LogP contribution in [0.15, 0.2) is 0 Å². The molecule has 0 bridgehead atoms. The summed E-state index contributed by atoms with van der Waals surface area (Å²) in [5.41, 5.74) is -0.515. The quantitative estimate of drug-likeness (QED) is 0.842. The fourth-order valence-electron chi connectivity index (χ4n) is 1.95. The number of hydrogen-bond donors (Lipinski definition) is 1. The van der Waals surface area contributed by atoms with Crippen LogP contribution in [0.25, 0.3) is 0 Å². The van der Waals surface area contributed by atoms with Gasteiger partial charge in [0.1, 0.15) is 5.60 Å². The molecule has 1 heterocycles. The number of carboxylic acid groups (broad SMARTS) is 1. The molecule has 0 atom stereocenters. The second-order valence-electron chi connectivity index (χ2n) is 5.94. The third-order valence-corrected chi connectivity index (χ3v) is 4.32. The van der Waals surface area contributed by atoms with Gasteiger partial charge in [-0.15, -0.1) is 0 Å². The highest BCUT2D eigenvalue weighted by atomic mass is 32.2. The van der Waals surface area contributed by atoms with Gasteiger partial charge in [0.2, 0.25) is 0 Å². The summed E-state index contributed by atoms with van der Waals surface area (Å²) in [6.07, 6.45) is 0.737. The Balaban J connectivity index is 2.53. The van der Waals surface area contributed by atoms with E-state index in [1.807, 2.05) is 20.8 Å². The number of rotatable bonds is 5. The SMILES string of the molecule is CCCSC1(CC(=O)O)CN(C(=O)OC(C)(C)C)C1. The fraction of sp³-hybridized carbons (Fsp3) is 0.846. The van der Waals surface area contributed by atoms with Gasteiger partial charge in [-0.3, -0.25) is 4.79 Å². The third-order valence-electron chi connectivity index (χ3n) is 2.70. The molecule has 0 saturated carbocycles. The summed E-state index contributed by atoms with van der Waals surface area (Å²) in [6, 6.07) is 0. The van der Waals surface area contributed by atoms with Crippen molar-refractivity contribution >= 4 is 23.8 Å². The van der Waals surface area contributed by atoms with Crippen LogP contribution in [0.5, 0.6) is 0 Å². The van der Waals surface area contributed by atoms with Crippen LogP contribution in [0.2, 0.25) is 0 Å². The Hall–Kier alpha value is -0.910. The normalized spacial score (nSPS) is 17.8. The molecule has 5 nitrogen and oxygen atoms in total. The maximum absolute atomic E-state index is 11.8. The van der Waals surface area contributed by atoms with Crippen LogP contribution in [0.3, 0.4) is 0 Å². The van der Waals surface area contributed by atoms with Gasteiger partial charge in [0, 0.05) is 13.1 Å². The molecule has 1 N–H and O–H groups in total. The van der Waals surface area contributed by atoms with Gasteiger partial charge in [-0.2, -0.15) is 11.8 Å². The van der Waals surface area contributed by atoms with Gasteiger partial charge >= 0.3 is 12.1 Å². The molecule has 0 aromatic heterocycles. The highest BCUT2D eigenvalue weighted by Crippen LogP contribution is 2.39. The smallest absolute Gasteiger partial charge is 0.410 e. The van der Waals surface area contributed by atoms with Crippen LogP contribution in [0, 0.1) is 0 Å². The van der Waals surface area contributed by atoms with Crippen molar-refractivity contribution in [2.24, 2.45) is 0 Å². The molecule has 1 aliphatic rings. The molecule has 0 unspecified atom stereocenters. The van der Waals surface area contributed by atoms with Gasteiger partial charge in [0.25, 0.3) is 0 Å². The molecule has 110 valence electrons. The van der Waals surface area contributed by atoms with Gasteiger partial charge < -0.3 is 14.7 Å². The van der Waals surface area contributed by atoms with Crippen molar-refractivity contribution in [3.05, 3.63) is 0 Å². The van der Waals surface area contributed by atoms with Crippen molar-refractivity contribution < 1.29 is 19.4 Å². The summed E-state index contributed by atoms with van der Waals surface area (Å²) >= 11 is 1.65. The van der Waals surface area contributed by atoms with E-state index in [9.17, 15) is 9.59 Å². The van der Waals surface area contributed by atoms with E-state index in [4.69, 9.17) is 9.84 Å². The van der Waals surface area contributed by atoms with E-state index < -0.39 is 11.6 Å². The molecule has 1 amide bonds. The van der Waals surface area contributed by atoms with E-state index in [0.717, 1.165) is 12.2 Å². The maximum Gasteiger partial charge on any atom is 0.410 e. The lowest BCUT2D eigenvalue weighted by molar-refractivity contribution is -0.138. The van der Waals surface area contributed by atoms with E-state index in [0.29, 0.717) is 13.1 Å². The first-order valence-corrected chi connectivity index (χ1v) is 7.50. The number of carbonyl (C=O) groups excluding carboxylic acids is 1. The first kappa shape index (κ1) is 16.1. The maximum atomic E-state index is 11.8. The summed E-state index contributed by atoms with van der Waals surface area (Å²) in [5.74, 6) is 0.0996. The van der Waals surface area contributed by atoms with Gasteiger partial charge in [-0.25, -0.2) is 4.79 Å². The minimum atomic E-state index is -0.813. The zero-order chi connectivity index (χ0) is 14.7. The highest BCUT2D eigenvalue weighted by molar-refractivity contribution is 8.00. The number of thioether (sulfide) groups is 1. The van der Waals surface area contributed by atoms with Crippen LogP contribution < -0.4 is 0 Å². The summed E-state index contributed by atoms with van der Waals surface area (Å²) in [7, 11) is 0. The largest absolute Gasteiger partial charge is 0.481 e. The predicted octanol–water partition coefficient (Wildman–Crippen LogP) is 2.59. The molecule has 0 spiro atoms. The molecule has 0 radical (unpaired) electrons. The first-order chi connectivity index (χ1) is 8.67. The van der Waals surface area contributed by atoms with Gasteiger partial charge in [0.05, 0.1) is 11.2 Å². The lowest BCUT2D eigenvalue weighted by Gasteiger charge is -2.48. The lowest BCUT2D eigenvalue weighted by Crippen LogP contribution is -2.63. The summed E-state index contributed by atoms with van der Waals surface area (Å²) in [6.45, 7) is 8.44. The number of hydrogen-bond acceptors (Lipinski definition) is 4. The molecule has 1 saturated heterocycles. The summed E-state index contributed by atoms with van der Waals surface area (Å²) in [5, 5.41) is 8.98. The van der Waals surface area contributed by atoms with E-state index in [2.05, 4.69) is 6.92 Å². The second kappa shape index (κ2) is 6.03. The molecule has 1 rings (SSSR count). The number of carboxylic acids is 1. The molecular weight excluding hydrogens is 266 g/mol. The average molecular weight is 289 g/mol. The number of amides is 1. The molecular formula is C13H23NO4S. The van der Waals surface area contributed by atoms with Crippen molar-refractivity contribution in [1.82, 2.24) is 4.90 Å². The lowest BCUT2D eigenvalue weighted by atomic mass is 9.95. The van der Waals surface area contributed by atoms with Crippen molar-refractivity contribution in [2.45, 2.75) is 50.9 Å². The molecule has 19 heavy (non-hydrogen) atoms. The van der Waals surface area contributed by atoms with E-state index >= 15 is 0 Å². The van der Waals surface area contributed by atoms with Gasteiger partial charge in [-0.05, 0) is 32.9 Å². The molecule has 0 aromatic rings. The minimum Gasteiger partial charge on any atom is -0.481 e. The zero-order valence-electron chi connectivity index (χ0n) is 12.1. The standard InChI is InChI=1S/C13H23NO4S/c1-5-6-19-13(7-10(15)16)8-14(9-13)11(17)18-12(2,3)4/h5-9H2,1-4H3,(H,15,16). The Kier molecular flexibility index (Phi) is 5.12. The Bertz CT molecular complexity index is 345. The Morgan fingerprint density at radius 3 is 2.37 bits per heavy atom. The summed E-state index contributed by atoms with van der Waals surface area (Å²) in [4.78, 5) is 24.3. The topological polar surface area (TPSA) is 66.8 Å². The van der Waals surface area contributed by atoms with E-state index in [1.165, 1.54) is 0 Å². The summed E-state index contributed by atoms with van der Waals surface area (Å²) < 4.78 is 4.94. The monoisotopic (exact) mass is 289 g/mol. The van der Waals surface area contributed by atoms with Crippen LogP contribution in [0.4, 0.5) is 4.79 Å². The third kappa shape index (κ3) is 4.93. The molecule has 1 aliphatic heterocycles. The molecule has 1 fully saturated rings. The highest BCUT2D eigenvalue weighted by Gasteiger charge is 2.48. The van der Waals surface area contributed by atoms with Crippen molar-refractivity contribution in [3.8, 4) is 0 Å². The number of aliphatic carboxylic acids is 1. The van der Waals surface area contributed by atoms with Crippen molar-refractivity contribution in [1.29, 1.82) is 0 Å². The molecule has 0 aromatic carbocycles. The fourth-order valence-corrected chi connectivity index (χ4v) is 3.31. The Morgan fingerprint density at radius 2 is 1.95 bits per heavy atom. The van der Waals surface area contributed by atoms with Gasteiger partial charge in [0.15, 0.2) is 0 Å². The minimum absolute atomic E-state index is 0.0942. The zero-order valence-corrected chi connectivity index (χ0v) is 12.9. The Morgan fingerprint density at radius 1 is 1.37 bits per heavy atom. The first-order valence-electron chi connectivity index (χ1n) is 6.51. The second-order valence-corrected chi connectivity index (χ2v) is 7.50. The number of likely N-dealkylation sites (tertiary alicyclic amines) is 1. The van der Waals surface area contributed by atoms with Crippen LogP contribution in [0.1, 0.15) is 40.5 Å². The van der Waals surface area contributed by atoms with Crippen molar-refractivity contribution in [2.75, 3.05) is 18.8 Å². The number of nitrogens with zero attached hydrogens (tertiary/aromatic N) is 1. The predicted molar refractivity (Wildman–Crippen MR) is 75.5 cm³/mol. The van der Waals surface area contributed by atoms with E-state index in [1.54, 1.807) is 16.7 Å². The number of carbonyl (C=O) groups is 2. The number of ether oxygens (including phenoxy) is 1. The van der Waals surface area contributed by atoms with Crippen LogP contribution in [-0.4, -0.2) is 51.3 Å². The molecule has 0 aliphatic carbocycles. The Labute approximate surface area is 118 Å². The van der Waals surface area contributed by atoms with Gasteiger partial charge in [-0.1, -0.05) is 6.92 Å². The van der Waals surface area contributed by atoms with E-state index in [-0.39, 0.29) is 17.3 Å². The van der Waals surface area contributed by atoms with Crippen molar-refractivity contribution in [3.63, 3.8) is 0 Å². The molecule has 6 heteroatoms. The van der Waals surface area contributed by atoms with Crippen LogP contribution in [-0.2, 0) is 9.53 Å². The van der Waals surface area contributed by atoms with Crippen LogP contribution >= 0.6 is 11.8 Å².